The number of benzene rings is 2. The largest absolute Gasteiger partial charge is 0.488 e. The molecular weight excluding hydrogens is 264 g/mol. The Labute approximate surface area is 125 Å². The van der Waals surface area contributed by atoms with Crippen LogP contribution in [0.1, 0.15) is 27.8 Å². The van der Waals surface area contributed by atoms with Crippen LogP contribution in [0.15, 0.2) is 36.4 Å². The number of ether oxygens (including phenoxy) is 1. The van der Waals surface area contributed by atoms with Gasteiger partial charge in [0, 0.05) is 0 Å². The van der Waals surface area contributed by atoms with Gasteiger partial charge < -0.3 is 9.84 Å². The van der Waals surface area contributed by atoms with Crippen molar-refractivity contribution in [2.24, 2.45) is 0 Å². The summed E-state index contributed by atoms with van der Waals surface area (Å²) in [5.74, 6) is 0.0517. The molecule has 3 heteroatoms. The summed E-state index contributed by atoms with van der Waals surface area (Å²) in [7, 11) is 0. The summed E-state index contributed by atoms with van der Waals surface area (Å²) in [5.41, 5.74) is 5.13. The number of rotatable bonds is 5. The standard InChI is InChI=1S/C18H20O3/c1-12-8-13(2)18(14(3)9-12)21-11-16-7-5-4-6-15(16)10-17(19)20/h4-9H,10-11H2,1-3H3,(H,19,20). The van der Waals surface area contributed by atoms with E-state index in [0.717, 1.165) is 28.0 Å². The molecule has 0 radical (unpaired) electrons. The minimum Gasteiger partial charge on any atom is -0.488 e. The predicted octanol–water partition coefficient (Wildman–Crippen LogP) is 3.82. The zero-order chi connectivity index (χ0) is 15.4. The van der Waals surface area contributed by atoms with Crippen molar-refractivity contribution in [2.45, 2.75) is 33.8 Å². The van der Waals surface area contributed by atoms with Crippen LogP contribution in [-0.4, -0.2) is 11.1 Å². The van der Waals surface area contributed by atoms with E-state index in [1.807, 2.05) is 38.1 Å². The maximum absolute atomic E-state index is 10.9. The van der Waals surface area contributed by atoms with Gasteiger partial charge in [0.15, 0.2) is 0 Å². The second kappa shape index (κ2) is 6.44. The molecule has 0 aliphatic rings. The Morgan fingerprint density at radius 2 is 1.62 bits per heavy atom. The average molecular weight is 284 g/mol. The topological polar surface area (TPSA) is 46.5 Å². The van der Waals surface area contributed by atoms with Gasteiger partial charge in [0.2, 0.25) is 0 Å². The second-order valence-corrected chi connectivity index (χ2v) is 5.36. The van der Waals surface area contributed by atoms with Crippen LogP contribution in [-0.2, 0) is 17.8 Å². The molecule has 1 N–H and O–H groups in total. The van der Waals surface area contributed by atoms with E-state index in [1.165, 1.54) is 5.56 Å². The zero-order valence-electron chi connectivity index (χ0n) is 12.6. The molecule has 0 unspecified atom stereocenters. The fraction of sp³-hybridized carbons (Fsp3) is 0.278. The maximum Gasteiger partial charge on any atom is 0.307 e. The SMILES string of the molecule is Cc1cc(C)c(OCc2ccccc2CC(=O)O)c(C)c1. The van der Waals surface area contributed by atoms with Crippen LogP contribution < -0.4 is 4.74 Å². The van der Waals surface area contributed by atoms with Gasteiger partial charge in [-0.2, -0.15) is 0 Å². The van der Waals surface area contributed by atoms with Crippen LogP contribution in [0.3, 0.4) is 0 Å². The summed E-state index contributed by atoms with van der Waals surface area (Å²) in [6.45, 7) is 6.50. The van der Waals surface area contributed by atoms with E-state index < -0.39 is 5.97 Å². The van der Waals surface area contributed by atoms with Gasteiger partial charge in [0.25, 0.3) is 0 Å². The van der Waals surface area contributed by atoms with E-state index >= 15 is 0 Å². The zero-order valence-corrected chi connectivity index (χ0v) is 12.6. The summed E-state index contributed by atoms with van der Waals surface area (Å²) in [6, 6.07) is 11.7. The summed E-state index contributed by atoms with van der Waals surface area (Å²) < 4.78 is 5.94. The first kappa shape index (κ1) is 15.1. The molecule has 0 amide bonds. The molecule has 0 saturated carbocycles. The number of hydrogen-bond donors (Lipinski definition) is 1. The van der Waals surface area contributed by atoms with Crippen molar-refractivity contribution in [2.75, 3.05) is 0 Å². The summed E-state index contributed by atoms with van der Waals surface area (Å²) >= 11 is 0. The van der Waals surface area contributed by atoms with Gasteiger partial charge in [-0.3, -0.25) is 4.79 Å². The molecule has 0 saturated heterocycles. The Morgan fingerprint density at radius 3 is 2.19 bits per heavy atom. The molecule has 0 fully saturated rings. The molecule has 0 bridgehead atoms. The number of carboxylic acid groups (broad SMARTS) is 1. The van der Waals surface area contributed by atoms with E-state index in [2.05, 4.69) is 19.1 Å². The first-order valence-corrected chi connectivity index (χ1v) is 6.96. The van der Waals surface area contributed by atoms with Crippen molar-refractivity contribution >= 4 is 5.97 Å². The lowest BCUT2D eigenvalue weighted by atomic mass is 10.0. The van der Waals surface area contributed by atoms with Crippen molar-refractivity contribution < 1.29 is 14.6 Å². The molecule has 0 atom stereocenters. The fourth-order valence-corrected chi connectivity index (χ4v) is 2.58. The third-order valence-electron chi connectivity index (χ3n) is 3.44. The molecule has 0 spiro atoms. The van der Waals surface area contributed by atoms with Crippen LogP contribution in [0.5, 0.6) is 5.75 Å². The smallest absolute Gasteiger partial charge is 0.307 e. The highest BCUT2D eigenvalue weighted by molar-refractivity contribution is 5.70. The number of hydrogen-bond acceptors (Lipinski definition) is 2. The quantitative estimate of drug-likeness (QED) is 0.908. The first-order valence-electron chi connectivity index (χ1n) is 6.96. The van der Waals surface area contributed by atoms with Crippen molar-refractivity contribution in [3.05, 3.63) is 64.2 Å². The van der Waals surface area contributed by atoms with E-state index in [4.69, 9.17) is 9.84 Å². The Bertz CT molecular complexity index is 636. The maximum atomic E-state index is 10.9. The first-order chi connectivity index (χ1) is 9.97. The Kier molecular flexibility index (Phi) is 4.63. The molecule has 2 aromatic carbocycles. The summed E-state index contributed by atoms with van der Waals surface area (Å²) in [5, 5.41) is 8.95. The molecule has 0 heterocycles. The fourth-order valence-electron chi connectivity index (χ4n) is 2.58. The van der Waals surface area contributed by atoms with Gasteiger partial charge in [-0.05, 0) is 43.0 Å². The third kappa shape index (κ3) is 3.85. The van der Waals surface area contributed by atoms with E-state index in [1.54, 1.807) is 0 Å². The number of aryl methyl sites for hydroxylation is 3. The van der Waals surface area contributed by atoms with E-state index in [0.29, 0.717) is 6.61 Å². The van der Waals surface area contributed by atoms with Crippen LogP contribution in [0.25, 0.3) is 0 Å². The van der Waals surface area contributed by atoms with E-state index in [9.17, 15) is 4.79 Å². The molecule has 2 rings (SSSR count). The predicted molar refractivity (Wildman–Crippen MR) is 82.8 cm³/mol. The Balaban J connectivity index is 2.19. The lowest BCUT2D eigenvalue weighted by Gasteiger charge is -2.14. The lowest BCUT2D eigenvalue weighted by Crippen LogP contribution is -2.06. The van der Waals surface area contributed by atoms with Crippen molar-refractivity contribution in [3.8, 4) is 5.75 Å². The molecule has 110 valence electrons. The number of carbonyl (C=O) groups is 1. The highest BCUT2D eigenvalue weighted by Crippen LogP contribution is 2.26. The van der Waals surface area contributed by atoms with Gasteiger partial charge in [0.1, 0.15) is 12.4 Å². The van der Waals surface area contributed by atoms with Crippen LogP contribution in [0.2, 0.25) is 0 Å². The van der Waals surface area contributed by atoms with Crippen molar-refractivity contribution in [1.82, 2.24) is 0 Å². The average Bonchev–Trinajstić information content (AvgIpc) is 2.38. The third-order valence-corrected chi connectivity index (χ3v) is 3.44. The minimum atomic E-state index is -0.829. The molecular formula is C18H20O3. The highest BCUT2D eigenvalue weighted by atomic mass is 16.5. The summed E-state index contributed by atoms with van der Waals surface area (Å²) in [6.07, 6.45) is 0.0192. The molecule has 0 aromatic heterocycles. The van der Waals surface area contributed by atoms with Crippen molar-refractivity contribution in [1.29, 1.82) is 0 Å². The monoisotopic (exact) mass is 284 g/mol. The number of aliphatic carboxylic acids is 1. The number of carboxylic acids is 1. The molecule has 21 heavy (non-hydrogen) atoms. The van der Waals surface area contributed by atoms with Gasteiger partial charge >= 0.3 is 5.97 Å². The lowest BCUT2D eigenvalue weighted by molar-refractivity contribution is -0.136. The molecule has 0 aliphatic heterocycles. The van der Waals surface area contributed by atoms with Crippen LogP contribution >= 0.6 is 0 Å². The van der Waals surface area contributed by atoms with Gasteiger partial charge in [0.05, 0.1) is 6.42 Å². The Hall–Kier alpha value is -2.29. The Morgan fingerprint density at radius 1 is 1.05 bits per heavy atom. The summed E-state index contributed by atoms with van der Waals surface area (Å²) in [4.78, 5) is 10.9. The van der Waals surface area contributed by atoms with Gasteiger partial charge in [-0.15, -0.1) is 0 Å². The van der Waals surface area contributed by atoms with Gasteiger partial charge in [-0.25, -0.2) is 0 Å². The van der Waals surface area contributed by atoms with Gasteiger partial charge in [-0.1, -0.05) is 42.0 Å². The van der Waals surface area contributed by atoms with Crippen LogP contribution in [0.4, 0.5) is 0 Å². The molecule has 0 aliphatic carbocycles. The van der Waals surface area contributed by atoms with Crippen molar-refractivity contribution in [3.63, 3.8) is 0 Å². The highest BCUT2D eigenvalue weighted by Gasteiger charge is 2.09. The van der Waals surface area contributed by atoms with Crippen LogP contribution in [0, 0.1) is 20.8 Å². The molecule has 2 aromatic rings. The normalized spacial score (nSPS) is 10.4. The van der Waals surface area contributed by atoms with E-state index in [-0.39, 0.29) is 6.42 Å². The molecule has 3 nitrogen and oxygen atoms in total. The second-order valence-electron chi connectivity index (χ2n) is 5.36. The minimum absolute atomic E-state index is 0.0192.